The Morgan fingerprint density at radius 3 is 2.71 bits per heavy atom. The van der Waals surface area contributed by atoms with Crippen molar-refractivity contribution >= 4 is 21.9 Å². The van der Waals surface area contributed by atoms with Gasteiger partial charge in [-0.3, -0.25) is 4.18 Å². The smallest absolute Gasteiger partial charge is 0.253 e. The van der Waals surface area contributed by atoms with Crippen molar-refractivity contribution in [3.63, 3.8) is 0 Å². The zero-order chi connectivity index (χ0) is 10.8. The van der Waals surface area contributed by atoms with Crippen molar-refractivity contribution in [2.45, 2.75) is 13.5 Å². The van der Waals surface area contributed by atoms with Crippen LogP contribution in [0.15, 0.2) is 18.2 Å². The highest BCUT2D eigenvalue weighted by atomic mass is 35.5. The van der Waals surface area contributed by atoms with Crippen LogP contribution in [0.3, 0.4) is 0 Å². The number of hydrogen-bond donors (Lipinski definition) is 1. The SMILES string of the molecule is Cc1cccc(COS(N)(=O)=O)c1Cl. The first-order valence-electron chi connectivity index (χ1n) is 3.81. The van der Waals surface area contributed by atoms with E-state index in [0.717, 1.165) is 5.56 Å². The highest BCUT2D eigenvalue weighted by Crippen LogP contribution is 2.21. The lowest BCUT2D eigenvalue weighted by molar-refractivity contribution is 0.308. The van der Waals surface area contributed by atoms with Crippen molar-refractivity contribution in [1.29, 1.82) is 0 Å². The minimum absolute atomic E-state index is 0.140. The second-order valence-electron chi connectivity index (χ2n) is 2.80. The van der Waals surface area contributed by atoms with Crippen LogP contribution >= 0.6 is 11.6 Å². The molecule has 1 aromatic rings. The molecule has 0 fully saturated rings. The van der Waals surface area contributed by atoms with Gasteiger partial charge in [0, 0.05) is 5.02 Å². The highest BCUT2D eigenvalue weighted by Gasteiger charge is 2.07. The first-order chi connectivity index (χ1) is 6.40. The minimum Gasteiger partial charge on any atom is -0.253 e. The van der Waals surface area contributed by atoms with Crippen LogP contribution in [0.2, 0.25) is 5.02 Å². The molecule has 0 aliphatic rings. The summed E-state index contributed by atoms with van der Waals surface area (Å²) in [6, 6.07) is 5.27. The Kier molecular flexibility index (Phi) is 3.49. The van der Waals surface area contributed by atoms with E-state index >= 15 is 0 Å². The van der Waals surface area contributed by atoms with E-state index in [2.05, 4.69) is 9.32 Å². The zero-order valence-electron chi connectivity index (χ0n) is 7.53. The van der Waals surface area contributed by atoms with Gasteiger partial charge in [-0.15, -0.1) is 0 Å². The predicted molar refractivity (Wildman–Crippen MR) is 54.1 cm³/mol. The molecule has 2 N–H and O–H groups in total. The van der Waals surface area contributed by atoms with Gasteiger partial charge in [-0.25, -0.2) is 5.14 Å². The molecule has 0 spiro atoms. The van der Waals surface area contributed by atoms with Crippen LogP contribution in [-0.2, 0) is 21.1 Å². The van der Waals surface area contributed by atoms with Gasteiger partial charge >= 0.3 is 10.3 Å². The third-order valence-corrected chi connectivity index (χ3v) is 2.64. The molecule has 0 saturated heterocycles. The molecule has 78 valence electrons. The molecule has 0 radical (unpaired) electrons. The first-order valence-corrected chi connectivity index (χ1v) is 5.66. The molecule has 0 saturated carbocycles. The Hall–Kier alpha value is -0.620. The molecule has 0 aromatic heterocycles. The van der Waals surface area contributed by atoms with Crippen LogP contribution in [0.4, 0.5) is 0 Å². The molecule has 0 aliphatic heterocycles. The second kappa shape index (κ2) is 4.27. The lowest BCUT2D eigenvalue weighted by Gasteiger charge is -2.05. The van der Waals surface area contributed by atoms with Gasteiger partial charge in [-0.1, -0.05) is 29.8 Å². The second-order valence-corrected chi connectivity index (χ2v) is 4.40. The molecule has 0 unspecified atom stereocenters. The van der Waals surface area contributed by atoms with Gasteiger partial charge in [0.15, 0.2) is 0 Å². The predicted octanol–water partition coefficient (Wildman–Crippen LogP) is 1.37. The summed E-state index contributed by atoms with van der Waals surface area (Å²) in [5.41, 5.74) is 1.46. The molecule has 0 atom stereocenters. The van der Waals surface area contributed by atoms with Crippen LogP contribution in [0, 0.1) is 6.92 Å². The number of aryl methyl sites for hydroxylation is 1. The minimum atomic E-state index is -3.91. The zero-order valence-corrected chi connectivity index (χ0v) is 9.10. The number of halogens is 1. The summed E-state index contributed by atoms with van der Waals surface area (Å²) in [6.07, 6.45) is 0. The average Bonchev–Trinajstić information content (AvgIpc) is 2.06. The Balaban J connectivity index is 2.83. The summed E-state index contributed by atoms with van der Waals surface area (Å²) in [6.45, 7) is 1.68. The van der Waals surface area contributed by atoms with E-state index < -0.39 is 10.3 Å². The van der Waals surface area contributed by atoms with E-state index in [9.17, 15) is 8.42 Å². The molecule has 1 rings (SSSR count). The van der Waals surface area contributed by atoms with Crippen LogP contribution in [0.1, 0.15) is 11.1 Å². The maximum absolute atomic E-state index is 10.5. The van der Waals surface area contributed by atoms with Crippen LogP contribution < -0.4 is 5.14 Å². The van der Waals surface area contributed by atoms with Crippen LogP contribution in [0.25, 0.3) is 0 Å². The summed E-state index contributed by atoms with van der Waals surface area (Å²) in [5, 5.41) is 5.17. The molecule has 0 amide bonds. The molecular weight excluding hydrogens is 226 g/mol. The fourth-order valence-electron chi connectivity index (χ4n) is 0.965. The number of nitrogens with two attached hydrogens (primary N) is 1. The van der Waals surface area contributed by atoms with E-state index in [-0.39, 0.29) is 6.61 Å². The topological polar surface area (TPSA) is 69.4 Å². The quantitative estimate of drug-likeness (QED) is 0.860. The Morgan fingerprint density at radius 2 is 2.14 bits per heavy atom. The molecule has 0 heterocycles. The van der Waals surface area contributed by atoms with Crippen molar-refractivity contribution in [3.05, 3.63) is 34.3 Å². The first kappa shape index (κ1) is 11.5. The largest absolute Gasteiger partial charge is 0.333 e. The Labute approximate surface area is 87.9 Å². The third kappa shape index (κ3) is 3.26. The van der Waals surface area contributed by atoms with E-state index in [1.165, 1.54) is 0 Å². The van der Waals surface area contributed by atoms with Gasteiger partial charge in [0.1, 0.15) is 0 Å². The van der Waals surface area contributed by atoms with E-state index in [1.807, 2.05) is 13.0 Å². The molecule has 4 nitrogen and oxygen atoms in total. The fourth-order valence-corrected chi connectivity index (χ4v) is 1.44. The number of hydrogen-bond acceptors (Lipinski definition) is 3. The van der Waals surface area contributed by atoms with E-state index in [1.54, 1.807) is 12.1 Å². The van der Waals surface area contributed by atoms with Crippen LogP contribution in [-0.4, -0.2) is 8.42 Å². The average molecular weight is 236 g/mol. The lowest BCUT2D eigenvalue weighted by Crippen LogP contribution is -2.15. The number of benzene rings is 1. The van der Waals surface area contributed by atoms with Gasteiger partial charge < -0.3 is 0 Å². The summed E-state index contributed by atoms with van der Waals surface area (Å²) in [5.74, 6) is 0. The summed E-state index contributed by atoms with van der Waals surface area (Å²) >= 11 is 5.91. The monoisotopic (exact) mass is 235 g/mol. The van der Waals surface area contributed by atoms with E-state index in [0.29, 0.717) is 10.6 Å². The van der Waals surface area contributed by atoms with Crippen molar-refractivity contribution in [1.82, 2.24) is 0 Å². The summed E-state index contributed by atoms with van der Waals surface area (Å²) in [4.78, 5) is 0. The van der Waals surface area contributed by atoms with Crippen molar-refractivity contribution < 1.29 is 12.6 Å². The van der Waals surface area contributed by atoms with Crippen LogP contribution in [0.5, 0.6) is 0 Å². The third-order valence-electron chi connectivity index (χ3n) is 1.65. The van der Waals surface area contributed by atoms with Crippen molar-refractivity contribution in [2.75, 3.05) is 0 Å². The van der Waals surface area contributed by atoms with Gasteiger partial charge in [0.2, 0.25) is 0 Å². The number of rotatable bonds is 3. The van der Waals surface area contributed by atoms with Crippen molar-refractivity contribution in [3.8, 4) is 0 Å². The summed E-state index contributed by atoms with van der Waals surface area (Å²) in [7, 11) is -3.91. The van der Waals surface area contributed by atoms with Crippen molar-refractivity contribution in [2.24, 2.45) is 5.14 Å². The fraction of sp³-hybridized carbons (Fsp3) is 0.250. The molecule has 1 aromatic carbocycles. The maximum Gasteiger partial charge on any atom is 0.333 e. The lowest BCUT2D eigenvalue weighted by atomic mass is 10.1. The normalized spacial score (nSPS) is 11.6. The maximum atomic E-state index is 10.5. The molecule has 0 bridgehead atoms. The van der Waals surface area contributed by atoms with Gasteiger partial charge in [0.25, 0.3) is 0 Å². The van der Waals surface area contributed by atoms with Gasteiger partial charge in [-0.2, -0.15) is 8.42 Å². The molecular formula is C8H10ClNO3S. The van der Waals surface area contributed by atoms with Gasteiger partial charge in [0.05, 0.1) is 6.61 Å². The molecule has 0 aliphatic carbocycles. The van der Waals surface area contributed by atoms with Gasteiger partial charge in [-0.05, 0) is 18.1 Å². The highest BCUT2D eigenvalue weighted by molar-refractivity contribution is 7.84. The van der Waals surface area contributed by atoms with E-state index in [4.69, 9.17) is 11.6 Å². The Morgan fingerprint density at radius 1 is 1.50 bits per heavy atom. The summed E-state index contributed by atoms with van der Waals surface area (Å²) < 4.78 is 25.4. The molecule has 6 heteroatoms. The Bertz CT molecular complexity index is 430. The standard InChI is InChI=1S/C8H10ClNO3S/c1-6-3-2-4-7(8(6)9)5-13-14(10,11)12/h2-4H,5H2,1H3,(H2,10,11,12). The molecule has 14 heavy (non-hydrogen) atoms.